The standard InChI is InChI=1S/C21H16FN3OS/c1-27(26)19-5-3-2-4-18(19)25-14-24-20(15-10-12-23-13-11-15)21(25)16-6-8-17(22)9-7-16/h2-14H,1H3. The lowest BCUT2D eigenvalue weighted by Gasteiger charge is -2.14. The van der Waals surface area contributed by atoms with Crippen molar-refractivity contribution in [3.05, 3.63) is 85.2 Å². The number of benzene rings is 2. The molecule has 0 amide bonds. The summed E-state index contributed by atoms with van der Waals surface area (Å²) < 4.78 is 27.6. The second kappa shape index (κ2) is 7.34. The monoisotopic (exact) mass is 377 g/mol. The van der Waals surface area contributed by atoms with Crippen molar-refractivity contribution in [3.63, 3.8) is 0 Å². The van der Waals surface area contributed by atoms with Gasteiger partial charge in [-0.1, -0.05) is 12.1 Å². The Hall–Kier alpha value is -2.96. The topological polar surface area (TPSA) is 53.8 Å². The minimum Gasteiger partial charge on any atom is -0.612 e. The molecule has 0 aliphatic heterocycles. The molecule has 2 heterocycles. The van der Waals surface area contributed by atoms with Gasteiger partial charge in [0.05, 0.1) is 11.4 Å². The molecule has 0 saturated heterocycles. The molecule has 0 fully saturated rings. The van der Waals surface area contributed by atoms with Crippen molar-refractivity contribution in [1.29, 1.82) is 0 Å². The highest BCUT2D eigenvalue weighted by Gasteiger charge is 2.20. The van der Waals surface area contributed by atoms with Gasteiger partial charge in [-0.3, -0.25) is 9.55 Å². The first-order valence-corrected chi connectivity index (χ1v) is 9.87. The van der Waals surface area contributed by atoms with Gasteiger partial charge in [0.25, 0.3) is 0 Å². The Balaban J connectivity index is 1.99. The molecule has 1 atom stereocenters. The fraction of sp³-hybridized carbons (Fsp3) is 0.0476. The molecule has 4 aromatic rings. The lowest BCUT2D eigenvalue weighted by atomic mass is 10.1. The highest BCUT2D eigenvalue weighted by atomic mass is 32.2. The van der Waals surface area contributed by atoms with Crippen molar-refractivity contribution in [3.8, 4) is 28.2 Å². The summed E-state index contributed by atoms with van der Waals surface area (Å²) >= 11 is -1.16. The van der Waals surface area contributed by atoms with Gasteiger partial charge in [0.1, 0.15) is 24.1 Å². The van der Waals surface area contributed by atoms with E-state index >= 15 is 0 Å². The van der Waals surface area contributed by atoms with Crippen LogP contribution in [0.4, 0.5) is 4.39 Å². The summed E-state index contributed by atoms with van der Waals surface area (Å²) in [4.78, 5) is 9.38. The largest absolute Gasteiger partial charge is 0.612 e. The first kappa shape index (κ1) is 17.5. The van der Waals surface area contributed by atoms with E-state index in [1.807, 2.05) is 41.0 Å². The third-order valence-corrected chi connectivity index (χ3v) is 5.24. The number of hydrogen-bond acceptors (Lipinski definition) is 3. The fourth-order valence-corrected chi connectivity index (χ4v) is 3.77. The van der Waals surface area contributed by atoms with E-state index in [0.717, 1.165) is 28.2 Å². The summed E-state index contributed by atoms with van der Waals surface area (Å²) in [5.74, 6) is -0.301. The second-order valence-corrected chi connectivity index (χ2v) is 7.32. The number of aromatic nitrogens is 3. The number of rotatable bonds is 4. The number of halogens is 1. The third kappa shape index (κ3) is 3.37. The number of nitrogens with zero attached hydrogens (tertiary/aromatic N) is 3. The van der Waals surface area contributed by atoms with Crippen LogP contribution in [-0.2, 0) is 11.2 Å². The van der Waals surface area contributed by atoms with Gasteiger partial charge in [-0.2, -0.15) is 0 Å². The lowest BCUT2D eigenvalue weighted by molar-refractivity contribution is 0.600. The van der Waals surface area contributed by atoms with Gasteiger partial charge in [-0.25, -0.2) is 9.37 Å². The van der Waals surface area contributed by atoms with Crippen LogP contribution < -0.4 is 0 Å². The predicted molar refractivity (Wildman–Crippen MR) is 105 cm³/mol. The molecule has 6 heteroatoms. The van der Waals surface area contributed by atoms with Crippen LogP contribution in [0.15, 0.2) is 84.3 Å². The molecule has 4 rings (SSSR count). The van der Waals surface area contributed by atoms with E-state index in [1.165, 1.54) is 12.1 Å². The van der Waals surface area contributed by atoms with Crippen LogP contribution in [-0.4, -0.2) is 25.3 Å². The normalized spacial score (nSPS) is 12.1. The molecule has 0 spiro atoms. The zero-order chi connectivity index (χ0) is 18.8. The molecule has 27 heavy (non-hydrogen) atoms. The van der Waals surface area contributed by atoms with Gasteiger partial charge in [0.15, 0.2) is 4.90 Å². The zero-order valence-corrected chi connectivity index (χ0v) is 15.4. The molecule has 0 radical (unpaired) electrons. The molecule has 0 aliphatic carbocycles. The average Bonchev–Trinajstić information content (AvgIpc) is 3.14. The molecule has 2 aromatic heterocycles. The number of pyridine rings is 1. The maximum absolute atomic E-state index is 13.5. The fourth-order valence-electron chi connectivity index (χ4n) is 3.03. The minimum atomic E-state index is -1.16. The van der Waals surface area contributed by atoms with E-state index in [-0.39, 0.29) is 5.82 Å². The number of para-hydroxylation sites is 1. The van der Waals surface area contributed by atoms with Crippen molar-refractivity contribution in [1.82, 2.24) is 14.5 Å². The molecule has 0 saturated carbocycles. The minimum absolute atomic E-state index is 0.301. The van der Waals surface area contributed by atoms with Crippen LogP contribution in [0, 0.1) is 5.82 Å². The van der Waals surface area contributed by atoms with Gasteiger partial charge in [0, 0.05) is 23.5 Å². The van der Waals surface area contributed by atoms with Crippen LogP contribution in [0.5, 0.6) is 0 Å². The molecule has 0 bridgehead atoms. The molecule has 134 valence electrons. The maximum Gasteiger partial charge on any atom is 0.176 e. The summed E-state index contributed by atoms with van der Waals surface area (Å²) in [6, 6.07) is 17.5. The van der Waals surface area contributed by atoms with Crippen molar-refractivity contribution in [2.24, 2.45) is 0 Å². The maximum atomic E-state index is 13.5. The second-order valence-electron chi connectivity index (χ2n) is 5.98. The van der Waals surface area contributed by atoms with E-state index in [0.29, 0.717) is 4.90 Å². The number of imidazole rings is 1. The van der Waals surface area contributed by atoms with Crippen LogP contribution in [0.1, 0.15) is 0 Å². The summed E-state index contributed by atoms with van der Waals surface area (Å²) in [6.45, 7) is 0. The summed E-state index contributed by atoms with van der Waals surface area (Å²) in [5, 5.41) is 0. The highest BCUT2D eigenvalue weighted by molar-refractivity contribution is 7.90. The Morgan fingerprint density at radius 2 is 1.63 bits per heavy atom. The van der Waals surface area contributed by atoms with Crippen LogP contribution in [0.2, 0.25) is 0 Å². The van der Waals surface area contributed by atoms with Crippen molar-refractivity contribution in [2.45, 2.75) is 4.90 Å². The van der Waals surface area contributed by atoms with Crippen molar-refractivity contribution in [2.75, 3.05) is 6.26 Å². The van der Waals surface area contributed by atoms with Gasteiger partial charge in [-0.05, 0) is 59.7 Å². The van der Waals surface area contributed by atoms with Crippen molar-refractivity contribution < 1.29 is 8.94 Å². The van der Waals surface area contributed by atoms with Gasteiger partial charge >= 0.3 is 0 Å². The predicted octanol–water partition coefficient (Wildman–Crippen LogP) is 4.48. The van der Waals surface area contributed by atoms with E-state index in [2.05, 4.69) is 9.97 Å². The molecule has 2 aromatic carbocycles. The van der Waals surface area contributed by atoms with E-state index < -0.39 is 11.2 Å². The quantitative estimate of drug-likeness (QED) is 0.493. The Morgan fingerprint density at radius 3 is 2.33 bits per heavy atom. The first-order chi connectivity index (χ1) is 13.1. The zero-order valence-electron chi connectivity index (χ0n) is 14.5. The molecule has 4 nitrogen and oxygen atoms in total. The van der Waals surface area contributed by atoms with Crippen LogP contribution in [0.3, 0.4) is 0 Å². The molecular weight excluding hydrogens is 361 g/mol. The highest BCUT2D eigenvalue weighted by Crippen LogP contribution is 2.34. The van der Waals surface area contributed by atoms with E-state index in [4.69, 9.17) is 0 Å². The molecular formula is C21H16FN3OS. The van der Waals surface area contributed by atoms with Gasteiger partial charge in [-0.15, -0.1) is 0 Å². The third-order valence-electron chi connectivity index (χ3n) is 4.27. The average molecular weight is 377 g/mol. The van der Waals surface area contributed by atoms with Crippen LogP contribution >= 0.6 is 0 Å². The van der Waals surface area contributed by atoms with E-state index in [1.54, 1.807) is 37.1 Å². The number of hydrogen-bond donors (Lipinski definition) is 0. The smallest absolute Gasteiger partial charge is 0.176 e. The Kier molecular flexibility index (Phi) is 4.75. The Labute approximate surface area is 159 Å². The summed E-state index contributed by atoms with van der Waals surface area (Å²) in [7, 11) is 0. The SMILES string of the molecule is C[S+]([O-])c1ccccc1-n1cnc(-c2ccncc2)c1-c1ccc(F)cc1. The summed E-state index contributed by atoms with van der Waals surface area (Å²) in [6.07, 6.45) is 6.77. The van der Waals surface area contributed by atoms with Gasteiger partial charge < -0.3 is 4.55 Å². The molecule has 0 N–H and O–H groups in total. The van der Waals surface area contributed by atoms with Crippen molar-refractivity contribution >= 4 is 11.2 Å². The van der Waals surface area contributed by atoms with Gasteiger partial charge in [0.2, 0.25) is 0 Å². The molecule has 0 aliphatic rings. The first-order valence-electron chi connectivity index (χ1n) is 8.31. The van der Waals surface area contributed by atoms with E-state index in [9.17, 15) is 8.94 Å². The Morgan fingerprint density at radius 1 is 0.926 bits per heavy atom. The lowest BCUT2D eigenvalue weighted by Crippen LogP contribution is -2.05. The Bertz CT molecular complexity index is 1060. The summed E-state index contributed by atoms with van der Waals surface area (Å²) in [5.41, 5.74) is 4.06. The molecule has 1 unspecified atom stereocenters. The van der Waals surface area contributed by atoms with Crippen LogP contribution in [0.25, 0.3) is 28.2 Å².